The summed E-state index contributed by atoms with van der Waals surface area (Å²) in [5, 5.41) is 0. The molecule has 1 aliphatic rings. The first-order valence-electron chi connectivity index (χ1n) is 6.25. The van der Waals surface area contributed by atoms with Crippen LogP contribution in [-0.2, 0) is 24.2 Å². The normalized spacial score (nSPS) is 14.1. The Balaban J connectivity index is 1.95. The summed E-state index contributed by atoms with van der Waals surface area (Å²) in [6.45, 7) is 1.10. The largest absolute Gasteiger partial charge is 0.376 e. The zero-order valence-corrected chi connectivity index (χ0v) is 11.4. The molecule has 1 N–H and O–H groups in total. The Kier molecular flexibility index (Phi) is 3.58. The first kappa shape index (κ1) is 13.3. The van der Waals surface area contributed by atoms with E-state index >= 15 is 0 Å². The van der Waals surface area contributed by atoms with Crippen molar-refractivity contribution in [1.82, 2.24) is 9.97 Å². The molecule has 0 unspecified atom stereocenters. The first-order valence-corrected chi connectivity index (χ1v) is 6.66. The molecule has 0 fully saturated rings. The average molecular weight is 294 g/mol. The molecule has 1 aromatic carbocycles. The summed E-state index contributed by atoms with van der Waals surface area (Å²) in [6, 6.07) is 3.44. The Labute approximate surface area is 119 Å². The number of benzene rings is 1. The van der Waals surface area contributed by atoms with E-state index in [9.17, 15) is 8.78 Å². The van der Waals surface area contributed by atoms with Gasteiger partial charge in [-0.05, 0) is 17.7 Å². The molecule has 0 radical (unpaired) electrons. The minimum absolute atomic E-state index is 0.312. The number of hydrogen-bond donors (Lipinski definition) is 1. The van der Waals surface area contributed by atoms with E-state index in [1.807, 2.05) is 0 Å². The molecular weight excluding hydrogens is 282 g/mol. The van der Waals surface area contributed by atoms with Gasteiger partial charge in [0.15, 0.2) is 0 Å². The lowest BCUT2D eigenvalue weighted by Gasteiger charge is -2.17. The van der Waals surface area contributed by atoms with Crippen LogP contribution in [0.2, 0.25) is 0 Å². The van der Waals surface area contributed by atoms with Gasteiger partial charge < -0.3 is 9.72 Å². The van der Waals surface area contributed by atoms with Crippen LogP contribution in [0.25, 0.3) is 0 Å². The van der Waals surface area contributed by atoms with Crippen LogP contribution >= 0.6 is 12.2 Å². The van der Waals surface area contributed by atoms with Crippen LogP contribution in [0.5, 0.6) is 0 Å². The molecule has 104 valence electrons. The van der Waals surface area contributed by atoms with Crippen LogP contribution in [0.15, 0.2) is 18.2 Å². The van der Waals surface area contributed by atoms with Crippen molar-refractivity contribution in [3.05, 3.63) is 57.1 Å². The van der Waals surface area contributed by atoms with E-state index in [4.69, 9.17) is 17.0 Å². The molecule has 0 saturated carbocycles. The molecule has 0 spiro atoms. The SMILES string of the molecule is Fc1cc(F)cc(Cc2nc(=S)c3c([nH]2)CCOC3)c1. The van der Waals surface area contributed by atoms with E-state index in [-0.39, 0.29) is 0 Å². The first-order chi connectivity index (χ1) is 9.61. The standard InChI is InChI=1S/C14H12F2N2OS/c15-9-3-8(4-10(16)6-9)5-13-17-12-1-2-19-7-11(12)14(20)18-13/h3-4,6H,1-2,5,7H2,(H,17,18,20). The van der Waals surface area contributed by atoms with Gasteiger partial charge in [0.1, 0.15) is 22.1 Å². The summed E-state index contributed by atoms with van der Waals surface area (Å²) in [4.78, 5) is 7.47. The monoisotopic (exact) mass is 294 g/mol. The molecule has 6 heteroatoms. The summed E-state index contributed by atoms with van der Waals surface area (Å²) in [7, 11) is 0. The van der Waals surface area contributed by atoms with E-state index < -0.39 is 11.6 Å². The third kappa shape index (κ3) is 2.76. The molecule has 0 atom stereocenters. The summed E-state index contributed by atoms with van der Waals surface area (Å²) in [5.74, 6) is -0.574. The molecule has 1 aliphatic heterocycles. The second-order valence-corrected chi connectivity index (χ2v) is 5.09. The van der Waals surface area contributed by atoms with Crippen molar-refractivity contribution in [3.8, 4) is 0 Å². The van der Waals surface area contributed by atoms with Crippen molar-refractivity contribution in [2.75, 3.05) is 6.61 Å². The quantitative estimate of drug-likeness (QED) is 0.865. The maximum Gasteiger partial charge on any atom is 0.135 e. The van der Waals surface area contributed by atoms with Gasteiger partial charge in [0.05, 0.1) is 13.2 Å². The van der Waals surface area contributed by atoms with E-state index in [1.54, 1.807) is 0 Å². The summed E-state index contributed by atoms with van der Waals surface area (Å²) < 4.78 is 32.2. The maximum atomic E-state index is 13.2. The maximum absolute atomic E-state index is 13.2. The lowest BCUT2D eigenvalue weighted by Crippen LogP contribution is -2.15. The highest BCUT2D eigenvalue weighted by molar-refractivity contribution is 7.71. The number of hydrogen-bond acceptors (Lipinski definition) is 3. The van der Waals surface area contributed by atoms with Crippen molar-refractivity contribution in [3.63, 3.8) is 0 Å². The van der Waals surface area contributed by atoms with Gasteiger partial charge in [-0.15, -0.1) is 0 Å². The summed E-state index contributed by atoms with van der Waals surface area (Å²) in [5.41, 5.74) is 2.43. The minimum atomic E-state index is -0.593. The van der Waals surface area contributed by atoms with Gasteiger partial charge in [-0.25, -0.2) is 13.8 Å². The third-order valence-corrected chi connectivity index (χ3v) is 3.53. The van der Waals surface area contributed by atoms with Crippen LogP contribution < -0.4 is 0 Å². The highest BCUT2D eigenvalue weighted by atomic mass is 32.1. The zero-order valence-electron chi connectivity index (χ0n) is 10.6. The predicted molar refractivity (Wildman–Crippen MR) is 71.9 cm³/mol. The van der Waals surface area contributed by atoms with Crippen LogP contribution in [0.4, 0.5) is 8.78 Å². The molecule has 0 saturated heterocycles. The van der Waals surface area contributed by atoms with Crippen molar-refractivity contribution in [1.29, 1.82) is 0 Å². The second-order valence-electron chi connectivity index (χ2n) is 4.70. The fraction of sp³-hybridized carbons (Fsp3) is 0.286. The number of halogens is 2. The fourth-order valence-corrected chi connectivity index (χ4v) is 2.59. The number of H-pyrrole nitrogens is 1. The van der Waals surface area contributed by atoms with Gasteiger partial charge in [0.25, 0.3) is 0 Å². The predicted octanol–water partition coefficient (Wildman–Crippen LogP) is 3.08. The van der Waals surface area contributed by atoms with Gasteiger partial charge in [0, 0.05) is 30.2 Å². The Morgan fingerprint density at radius 1 is 1.25 bits per heavy atom. The lowest BCUT2D eigenvalue weighted by atomic mass is 10.1. The number of ether oxygens (including phenoxy) is 1. The topological polar surface area (TPSA) is 37.9 Å². The Morgan fingerprint density at radius 2 is 2.00 bits per heavy atom. The molecule has 1 aromatic heterocycles. The highest BCUT2D eigenvalue weighted by Crippen LogP contribution is 2.17. The minimum Gasteiger partial charge on any atom is -0.376 e. The van der Waals surface area contributed by atoms with E-state index in [2.05, 4.69) is 9.97 Å². The Bertz CT molecular complexity index is 695. The number of fused-ring (bicyclic) bond motifs is 1. The third-order valence-electron chi connectivity index (χ3n) is 3.19. The molecule has 0 amide bonds. The molecule has 0 aliphatic carbocycles. The smallest absolute Gasteiger partial charge is 0.135 e. The van der Waals surface area contributed by atoms with Crippen LogP contribution in [0, 0.1) is 16.3 Å². The van der Waals surface area contributed by atoms with Gasteiger partial charge in [0.2, 0.25) is 0 Å². The van der Waals surface area contributed by atoms with Crippen molar-refractivity contribution >= 4 is 12.2 Å². The molecule has 3 nitrogen and oxygen atoms in total. The zero-order chi connectivity index (χ0) is 14.1. The highest BCUT2D eigenvalue weighted by Gasteiger charge is 2.14. The van der Waals surface area contributed by atoms with Gasteiger partial charge in [-0.1, -0.05) is 12.2 Å². The van der Waals surface area contributed by atoms with Crippen LogP contribution in [0.1, 0.15) is 22.6 Å². The Hall–Kier alpha value is -1.66. The molecule has 3 rings (SSSR count). The number of rotatable bonds is 2. The molecule has 2 heterocycles. The number of aromatic nitrogens is 2. The van der Waals surface area contributed by atoms with Crippen LogP contribution in [-0.4, -0.2) is 16.6 Å². The lowest BCUT2D eigenvalue weighted by molar-refractivity contribution is 0.108. The average Bonchev–Trinajstić information content (AvgIpc) is 2.37. The van der Waals surface area contributed by atoms with E-state index in [0.29, 0.717) is 35.7 Å². The van der Waals surface area contributed by atoms with Gasteiger partial charge in [-0.2, -0.15) is 0 Å². The number of aromatic amines is 1. The molecular formula is C14H12F2N2OS. The number of nitrogens with one attached hydrogen (secondary N) is 1. The van der Waals surface area contributed by atoms with Crippen LogP contribution in [0.3, 0.4) is 0 Å². The summed E-state index contributed by atoms with van der Waals surface area (Å²) in [6.07, 6.45) is 1.05. The van der Waals surface area contributed by atoms with E-state index in [0.717, 1.165) is 23.7 Å². The molecule has 0 bridgehead atoms. The van der Waals surface area contributed by atoms with Crippen molar-refractivity contribution in [2.45, 2.75) is 19.4 Å². The van der Waals surface area contributed by atoms with Gasteiger partial charge >= 0.3 is 0 Å². The molecule has 2 aromatic rings. The van der Waals surface area contributed by atoms with Crippen molar-refractivity contribution < 1.29 is 13.5 Å². The van der Waals surface area contributed by atoms with Crippen molar-refractivity contribution in [2.24, 2.45) is 0 Å². The number of nitrogens with zero attached hydrogens (tertiary/aromatic N) is 1. The van der Waals surface area contributed by atoms with E-state index in [1.165, 1.54) is 12.1 Å². The Morgan fingerprint density at radius 3 is 2.75 bits per heavy atom. The van der Waals surface area contributed by atoms with Gasteiger partial charge in [-0.3, -0.25) is 0 Å². The fourth-order valence-electron chi connectivity index (χ4n) is 2.30. The summed E-state index contributed by atoms with van der Waals surface area (Å²) >= 11 is 5.23. The second kappa shape index (κ2) is 5.38. The molecule has 20 heavy (non-hydrogen) atoms.